The van der Waals surface area contributed by atoms with Crippen molar-refractivity contribution in [1.29, 1.82) is 5.41 Å². The molecule has 2 aromatic heterocycles. The molecule has 0 aliphatic heterocycles. The molecular weight excluding hydrogens is 403 g/mol. The molecule has 1 N–H and O–H groups in total. The number of methoxy groups -OCH3 is 1. The molecule has 0 spiro atoms. The molecule has 0 amide bonds. The number of esters is 1. The van der Waals surface area contributed by atoms with E-state index in [9.17, 15) is 9.59 Å². The second-order valence-electron chi connectivity index (χ2n) is 4.08. The second kappa shape index (κ2) is 7.64. The fraction of sp³-hybridized carbons (Fsp3) is 0.333. The van der Waals surface area contributed by atoms with E-state index in [0.29, 0.717) is 0 Å². The lowest BCUT2D eigenvalue weighted by atomic mass is 10.1. The Morgan fingerprint density at radius 1 is 1.50 bits per heavy atom. The van der Waals surface area contributed by atoms with E-state index in [1.807, 2.05) is 0 Å². The highest BCUT2D eigenvalue weighted by Crippen LogP contribution is 2.08. The first-order chi connectivity index (χ1) is 10.1. The molecular formula is C12H13IN6O3. The van der Waals surface area contributed by atoms with Crippen LogP contribution >= 0.6 is 24.0 Å². The second-order valence-corrected chi connectivity index (χ2v) is 4.08. The third-order valence-electron chi connectivity index (χ3n) is 2.75. The Balaban J connectivity index is 0.00000242. The smallest absolute Gasteiger partial charge is 0.353 e. The van der Waals surface area contributed by atoms with Crippen molar-refractivity contribution in [2.45, 2.75) is 19.4 Å². The van der Waals surface area contributed by atoms with Gasteiger partial charge in [0.2, 0.25) is 0 Å². The number of ether oxygens (including phenoxy) is 1. The van der Waals surface area contributed by atoms with Crippen molar-refractivity contribution in [3.05, 3.63) is 22.5 Å². The molecule has 2 heterocycles. The van der Waals surface area contributed by atoms with E-state index in [0.717, 1.165) is 9.08 Å². The Morgan fingerprint density at radius 3 is 2.86 bits per heavy atom. The standard InChI is InChI=1S/C12H12N6O3.HI/c1-3-6-18-12(20)17-7-14-10(11(17)15-16-18)8(13)4-5-9(19)21-2;/h1,7,13H,4-6H2,2H3;1H. The summed E-state index contributed by atoms with van der Waals surface area (Å²) < 4.78 is 6.68. The summed E-state index contributed by atoms with van der Waals surface area (Å²) in [4.78, 5) is 27.1. The number of hydrogen-bond acceptors (Lipinski definition) is 7. The summed E-state index contributed by atoms with van der Waals surface area (Å²) in [6.07, 6.45) is 6.56. The number of terminal acetylenes is 1. The third-order valence-corrected chi connectivity index (χ3v) is 2.75. The topological polar surface area (TPSA) is 115 Å². The van der Waals surface area contributed by atoms with Crippen molar-refractivity contribution in [2.24, 2.45) is 0 Å². The van der Waals surface area contributed by atoms with Crippen LogP contribution in [0.5, 0.6) is 0 Å². The predicted molar refractivity (Wildman–Crippen MR) is 87.4 cm³/mol. The number of carbonyl (C=O) groups is 1. The Hall–Kier alpha value is -2.29. The van der Waals surface area contributed by atoms with Gasteiger partial charge in [0.05, 0.1) is 19.2 Å². The van der Waals surface area contributed by atoms with Gasteiger partial charge in [-0.1, -0.05) is 11.1 Å². The summed E-state index contributed by atoms with van der Waals surface area (Å²) in [5.41, 5.74) is -0.0525. The van der Waals surface area contributed by atoms with Crippen LogP contribution in [0.4, 0.5) is 0 Å². The van der Waals surface area contributed by atoms with E-state index in [1.165, 1.54) is 13.4 Å². The van der Waals surface area contributed by atoms with Gasteiger partial charge in [-0.25, -0.2) is 14.2 Å². The predicted octanol–water partition coefficient (Wildman–Crippen LogP) is -0.142. The molecule has 22 heavy (non-hydrogen) atoms. The molecule has 9 nitrogen and oxygen atoms in total. The number of carbonyl (C=O) groups excluding carboxylic acids is 1. The van der Waals surface area contributed by atoms with Gasteiger partial charge in [0.1, 0.15) is 18.6 Å². The molecule has 0 radical (unpaired) electrons. The first-order valence-corrected chi connectivity index (χ1v) is 5.97. The van der Waals surface area contributed by atoms with E-state index in [4.69, 9.17) is 11.8 Å². The number of imidazole rings is 1. The van der Waals surface area contributed by atoms with Crippen LogP contribution in [0.15, 0.2) is 11.1 Å². The van der Waals surface area contributed by atoms with E-state index in [-0.39, 0.29) is 60.4 Å². The molecule has 2 aromatic rings. The first-order valence-electron chi connectivity index (χ1n) is 5.97. The average molecular weight is 416 g/mol. The minimum Gasteiger partial charge on any atom is -0.469 e. The number of nitrogens with one attached hydrogen (secondary N) is 1. The van der Waals surface area contributed by atoms with Gasteiger partial charge < -0.3 is 10.1 Å². The number of rotatable bonds is 5. The highest BCUT2D eigenvalue weighted by atomic mass is 127. The summed E-state index contributed by atoms with van der Waals surface area (Å²) in [6, 6.07) is 0. The van der Waals surface area contributed by atoms with Gasteiger partial charge >= 0.3 is 11.7 Å². The maximum atomic E-state index is 12.0. The van der Waals surface area contributed by atoms with Crippen molar-refractivity contribution in [3.63, 3.8) is 0 Å². The number of fused-ring (bicyclic) bond motifs is 1. The van der Waals surface area contributed by atoms with Crippen molar-refractivity contribution in [1.82, 2.24) is 24.4 Å². The van der Waals surface area contributed by atoms with Crippen LogP contribution in [0.1, 0.15) is 18.5 Å². The van der Waals surface area contributed by atoms with E-state index in [2.05, 4.69) is 26.0 Å². The van der Waals surface area contributed by atoms with Crippen LogP contribution < -0.4 is 5.69 Å². The van der Waals surface area contributed by atoms with Gasteiger partial charge in [-0.3, -0.25) is 4.79 Å². The van der Waals surface area contributed by atoms with Crippen molar-refractivity contribution in [2.75, 3.05) is 7.11 Å². The normalized spacial score (nSPS) is 9.82. The molecule has 0 saturated heterocycles. The Kier molecular flexibility index (Phi) is 6.17. The van der Waals surface area contributed by atoms with Gasteiger partial charge in [0.15, 0.2) is 5.65 Å². The number of nitrogens with zero attached hydrogens (tertiary/aromatic N) is 5. The number of halogens is 1. The minimum atomic E-state index is -0.488. The molecule has 0 aromatic carbocycles. The molecule has 116 valence electrons. The van der Waals surface area contributed by atoms with Crippen LogP contribution in [0.2, 0.25) is 0 Å². The first kappa shape index (κ1) is 17.8. The number of aromatic nitrogens is 5. The van der Waals surface area contributed by atoms with E-state index >= 15 is 0 Å². The number of hydrogen-bond donors (Lipinski definition) is 1. The lowest BCUT2D eigenvalue weighted by molar-refractivity contribution is -0.140. The minimum absolute atomic E-state index is 0. The van der Waals surface area contributed by atoms with Gasteiger partial charge in [0.25, 0.3) is 0 Å². The lowest BCUT2D eigenvalue weighted by Crippen LogP contribution is -2.29. The zero-order valence-electron chi connectivity index (χ0n) is 11.6. The van der Waals surface area contributed by atoms with Crippen molar-refractivity contribution < 1.29 is 9.53 Å². The molecule has 0 unspecified atom stereocenters. The summed E-state index contributed by atoms with van der Waals surface area (Å²) in [6.45, 7) is -0.00489. The van der Waals surface area contributed by atoms with E-state index < -0.39 is 11.7 Å². The Labute approximate surface area is 142 Å². The van der Waals surface area contributed by atoms with Gasteiger partial charge in [-0.2, -0.15) is 4.68 Å². The molecule has 0 fully saturated rings. The maximum absolute atomic E-state index is 12.0. The zero-order chi connectivity index (χ0) is 15.4. The summed E-state index contributed by atoms with van der Waals surface area (Å²) >= 11 is 0. The summed E-state index contributed by atoms with van der Waals surface area (Å²) in [7, 11) is 1.28. The monoisotopic (exact) mass is 416 g/mol. The molecule has 0 atom stereocenters. The SMILES string of the molecule is C#CCn1nnc2c(C(=N)CCC(=O)OC)ncn2c1=O.I. The lowest BCUT2D eigenvalue weighted by Gasteiger charge is -2.01. The molecule has 2 rings (SSSR count). The molecule has 10 heteroatoms. The quantitative estimate of drug-likeness (QED) is 0.314. The van der Waals surface area contributed by atoms with Crippen molar-refractivity contribution >= 4 is 41.3 Å². The average Bonchev–Trinajstić information content (AvgIpc) is 2.92. The van der Waals surface area contributed by atoms with Crippen LogP contribution in [0.3, 0.4) is 0 Å². The van der Waals surface area contributed by atoms with Crippen LogP contribution in [-0.2, 0) is 16.1 Å². The Morgan fingerprint density at radius 2 is 2.23 bits per heavy atom. The van der Waals surface area contributed by atoms with Crippen LogP contribution in [0.25, 0.3) is 5.65 Å². The summed E-state index contributed by atoms with van der Waals surface area (Å²) in [5, 5.41) is 15.4. The fourth-order valence-corrected chi connectivity index (χ4v) is 1.68. The van der Waals surface area contributed by atoms with Crippen molar-refractivity contribution in [3.8, 4) is 12.3 Å². The van der Waals surface area contributed by atoms with Crippen LogP contribution in [0, 0.1) is 17.8 Å². The molecule has 0 aliphatic carbocycles. The van der Waals surface area contributed by atoms with Gasteiger partial charge in [0, 0.05) is 6.42 Å². The third kappa shape index (κ3) is 3.48. The molecule has 0 aliphatic rings. The zero-order valence-corrected chi connectivity index (χ0v) is 14.0. The van der Waals surface area contributed by atoms with Crippen LogP contribution in [-0.4, -0.2) is 43.2 Å². The highest BCUT2D eigenvalue weighted by molar-refractivity contribution is 14.0. The molecule has 0 bridgehead atoms. The van der Waals surface area contributed by atoms with Gasteiger partial charge in [-0.05, 0) is 0 Å². The fourth-order valence-electron chi connectivity index (χ4n) is 1.68. The molecule has 0 saturated carbocycles. The maximum Gasteiger partial charge on any atom is 0.353 e. The van der Waals surface area contributed by atoms with E-state index in [1.54, 1.807) is 0 Å². The Bertz CT molecular complexity index is 803. The summed E-state index contributed by atoms with van der Waals surface area (Å²) in [5.74, 6) is 1.87. The highest BCUT2D eigenvalue weighted by Gasteiger charge is 2.15. The van der Waals surface area contributed by atoms with Gasteiger partial charge in [-0.15, -0.1) is 35.5 Å². The largest absolute Gasteiger partial charge is 0.469 e.